The number of aromatic hydroxyl groups is 1. The van der Waals surface area contributed by atoms with Crippen molar-refractivity contribution >= 4 is 5.69 Å². The van der Waals surface area contributed by atoms with Gasteiger partial charge in [0.25, 0.3) is 0 Å². The SMILES string of the molecule is O=[N+]([O-])c1c(F)cccc1Oc1ccc(O)cc1. The van der Waals surface area contributed by atoms with Crippen molar-refractivity contribution in [1.82, 2.24) is 0 Å². The van der Waals surface area contributed by atoms with E-state index in [1.165, 1.54) is 36.4 Å². The lowest BCUT2D eigenvalue weighted by atomic mass is 10.2. The van der Waals surface area contributed by atoms with Gasteiger partial charge >= 0.3 is 5.69 Å². The van der Waals surface area contributed by atoms with Crippen LogP contribution in [0.4, 0.5) is 10.1 Å². The van der Waals surface area contributed by atoms with Gasteiger partial charge in [-0.3, -0.25) is 10.1 Å². The average Bonchev–Trinajstić information content (AvgIpc) is 2.32. The van der Waals surface area contributed by atoms with Crippen molar-refractivity contribution in [3.05, 3.63) is 58.4 Å². The maximum Gasteiger partial charge on any atom is 0.346 e. The van der Waals surface area contributed by atoms with Crippen molar-refractivity contribution in [2.75, 3.05) is 0 Å². The average molecular weight is 249 g/mol. The molecule has 0 unspecified atom stereocenters. The first-order chi connectivity index (χ1) is 8.58. The zero-order valence-corrected chi connectivity index (χ0v) is 9.04. The van der Waals surface area contributed by atoms with Crippen LogP contribution in [-0.4, -0.2) is 10.0 Å². The first kappa shape index (κ1) is 11.8. The molecule has 0 aliphatic carbocycles. The third-order valence-corrected chi connectivity index (χ3v) is 2.20. The number of halogens is 1. The second-order valence-corrected chi connectivity index (χ2v) is 3.44. The molecule has 1 N–H and O–H groups in total. The lowest BCUT2D eigenvalue weighted by molar-refractivity contribution is -0.388. The van der Waals surface area contributed by atoms with Crippen LogP contribution >= 0.6 is 0 Å². The third kappa shape index (κ3) is 2.37. The zero-order chi connectivity index (χ0) is 13.1. The summed E-state index contributed by atoms with van der Waals surface area (Å²) in [6.45, 7) is 0. The molecule has 0 spiro atoms. The second-order valence-electron chi connectivity index (χ2n) is 3.44. The van der Waals surface area contributed by atoms with Crippen LogP contribution < -0.4 is 4.74 Å². The summed E-state index contributed by atoms with van der Waals surface area (Å²) >= 11 is 0. The highest BCUT2D eigenvalue weighted by molar-refractivity contribution is 5.49. The van der Waals surface area contributed by atoms with E-state index < -0.39 is 16.4 Å². The van der Waals surface area contributed by atoms with E-state index in [1.807, 2.05) is 0 Å². The molecular formula is C12H8FNO4. The van der Waals surface area contributed by atoms with Crippen LogP contribution in [0.25, 0.3) is 0 Å². The molecule has 0 heterocycles. The number of hydrogen-bond acceptors (Lipinski definition) is 4. The number of nitrogens with zero attached hydrogens (tertiary/aromatic N) is 1. The molecule has 6 heteroatoms. The summed E-state index contributed by atoms with van der Waals surface area (Å²) in [5.74, 6) is -0.848. The number of nitro benzene ring substituents is 1. The van der Waals surface area contributed by atoms with Crippen molar-refractivity contribution in [3.8, 4) is 17.2 Å². The van der Waals surface area contributed by atoms with Crippen molar-refractivity contribution in [1.29, 1.82) is 0 Å². The largest absolute Gasteiger partial charge is 0.508 e. The Balaban J connectivity index is 2.37. The second kappa shape index (κ2) is 4.70. The van der Waals surface area contributed by atoms with Crippen LogP contribution in [0.5, 0.6) is 17.2 Å². The van der Waals surface area contributed by atoms with Gasteiger partial charge in [0.15, 0.2) is 0 Å². The summed E-state index contributed by atoms with van der Waals surface area (Å²) in [5.41, 5.74) is -0.717. The molecule has 2 rings (SSSR count). The molecule has 0 radical (unpaired) electrons. The summed E-state index contributed by atoms with van der Waals surface area (Å²) in [6.07, 6.45) is 0. The summed E-state index contributed by atoms with van der Waals surface area (Å²) in [5, 5.41) is 19.8. The van der Waals surface area contributed by atoms with E-state index in [9.17, 15) is 14.5 Å². The minimum atomic E-state index is -0.962. The minimum Gasteiger partial charge on any atom is -0.508 e. The lowest BCUT2D eigenvalue weighted by Crippen LogP contribution is -1.96. The van der Waals surface area contributed by atoms with Crippen LogP contribution in [0.3, 0.4) is 0 Å². The maximum absolute atomic E-state index is 13.3. The van der Waals surface area contributed by atoms with Crippen LogP contribution in [0, 0.1) is 15.9 Å². The summed E-state index contributed by atoms with van der Waals surface area (Å²) in [4.78, 5) is 9.89. The minimum absolute atomic E-state index is 0.0380. The van der Waals surface area contributed by atoms with E-state index in [-0.39, 0.29) is 17.2 Å². The Morgan fingerprint density at radius 2 is 1.83 bits per heavy atom. The number of benzene rings is 2. The van der Waals surface area contributed by atoms with E-state index in [0.29, 0.717) is 0 Å². The molecule has 5 nitrogen and oxygen atoms in total. The number of ether oxygens (including phenoxy) is 1. The highest BCUT2D eigenvalue weighted by Gasteiger charge is 2.21. The fraction of sp³-hybridized carbons (Fsp3) is 0. The highest BCUT2D eigenvalue weighted by Crippen LogP contribution is 2.33. The van der Waals surface area contributed by atoms with E-state index in [0.717, 1.165) is 6.07 Å². The molecule has 0 aliphatic rings. The van der Waals surface area contributed by atoms with Gasteiger partial charge in [0.2, 0.25) is 11.6 Å². The van der Waals surface area contributed by atoms with E-state index in [1.54, 1.807) is 0 Å². The van der Waals surface area contributed by atoms with Crippen molar-refractivity contribution in [2.45, 2.75) is 0 Å². The Morgan fingerprint density at radius 1 is 1.17 bits per heavy atom. The van der Waals surface area contributed by atoms with Gasteiger partial charge in [-0.05, 0) is 36.4 Å². The van der Waals surface area contributed by atoms with Crippen LogP contribution in [0.1, 0.15) is 0 Å². The van der Waals surface area contributed by atoms with Gasteiger partial charge in [-0.15, -0.1) is 0 Å². The topological polar surface area (TPSA) is 72.6 Å². The van der Waals surface area contributed by atoms with Crippen molar-refractivity contribution < 1.29 is 19.2 Å². The smallest absolute Gasteiger partial charge is 0.346 e. The number of hydrogen-bond donors (Lipinski definition) is 1. The van der Waals surface area contributed by atoms with Gasteiger partial charge in [-0.2, -0.15) is 4.39 Å². The number of para-hydroxylation sites is 1. The van der Waals surface area contributed by atoms with Gasteiger partial charge < -0.3 is 9.84 Å². The molecule has 18 heavy (non-hydrogen) atoms. The molecule has 0 aromatic heterocycles. The molecule has 2 aromatic carbocycles. The summed E-state index contributed by atoms with van der Waals surface area (Å²) < 4.78 is 18.5. The Hall–Kier alpha value is -2.63. The molecule has 0 saturated carbocycles. The van der Waals surface area contributed by atoms with Crippen molar-refractivity contribution in [3.63, 3.8) is 0 Å². The quantitative estimate of drug-likeness (QED) is 0.669. The predicted molar refractivity (Wildman–Crippen MR) is 61.2 cm³/mol. The molecule has 0 atom stereocenters. The fourth-order valence-electron chi connectivity index (χ4n) is 1.40. The van der Waals surface area contributed by atoms with Gasteiger partial charge in [0, 0.05) is 0 Å². The first-order valence-electron chi connectivity index (χ1n) is 4.97. The molecule has 0 fully saturated rings. The number of rotatable bonds is 3. The fourth-order valence-corrected chi connectivity index (χ4v) is 1.40. The predicted octanol–water partition coefficient (Wildman–Crippen LogP) is 3.23. The van der Waals surface area contributed by atoms with E-state index in [2.05, 4.69) is 0 Å². The Kier molecular flexibility index (Phi) is 3.09. The standard InChI is InChI=1S/C12H8FNO4/c13-10-2-1-3-11(12(10)14(16)17)18-9-6-4-8(15)5-7-9/h1-7,15H. The molecule has 0 amide bonds. The van der Waals surface area contributed by atoms with Crippen LogP contribution in [0.15, 0.2) is 42.5 Å². The molecule has 0 saturated heterocycles. The Bertz CT molecular complexity index is 583. The van der Waals surface area contributed by atoms with E-state index >= 15 is 0 Å². The normalized spacial score (nSPS) is 10.1. The number of nitro groups is 1. The van der Waals surface area contributed by atoms with Crippen molar-refractivity contribution in [2.24, 2.45) is 0 Å². The van der Waals surface area contributed by atoms with Gasteiger partial charge in [-0.1, -0.05) is 6.07 Å². The first-order valence-corrected chi connectivity index (χ1v) is 4.97. The molecule has 2 aromatic rings. The highest BCUT2D eigenvalue weighted by atomic mass is 19.1. The molecular weight excluding hydrogens is 241 g/mol. The molecule has 92 valence electrons. The van der Waals surface area contributed by atoms with Gasteiger partial charge in [0.1, 0.15) is 11.5 Å². The number of phenolic OH excluding ortho intramolecular Hbond substituents is 1. The van der Waals surface area contributed by atoms with Gasteiger partial charge in [-0.25, -0.2) is 0 Å². The number of phenols is 1. The third-order valence-electron chi connectivity index (χ3n) is 2.20. The molecule has 0 bridgehead atoms. The lowest BCUT2D eigenvalue weighted by Gasteiger charge is -2.06. The van der Waals surface area contributed by atoms with Crippen LogP contribution in [0.2, 0.25) is 0 Å². The Labute approximate surface area is 101 Å². The van der Waals surface area contributed by atoms with E-state index in [4.69, 9.17) is 9.84 Å². The van der Waals surface area contributed by atoms with Gasteiger partial charge in [0.05, 0.1) is 4.92 Å². The monoisotopic (exact) mass is 249 g/mol. The Morgan fingerprint density at radius 3 is 2.44 bits per heavy atom. The zero-order valence-electron chi connectivity index (χ0n) is 9.04. The summed E-state index contributed by atoms with van der Waals surface area (Å²) in [6, 6.07) is 9.17. The summed E-state index contributed by atoms with van der Waals surface area (Å²) in [7, 11) is 0. The maximum atomic E-state index is 13.3. The van der Waals surface area contributed by atoms with Crippen LogP contribution in [-0.2, 0) is 0 Å². The molecule has 0 aliphatic heterocycles.